The topological polar surface area (TPSA) is 0 Å². The molecule has 2 fully saturated rings. The molecule has 0 saturated heterocycles. The maximum atomic E-state index is 3.64. The molecule has 0 aliphatic heterocycles. The molecular weight excluding hydrogens is 332 g/mol. The molecule has 0 radical (unpaired) electrons. The van der Waals surface area contributed by atoms with Crippen LogP contribution >= 0.6 is 15.9 Å². The highest BCUT2D eigenvalue weighted by molar-refractivity contribution is 9.09. The molecule has 0 aromatic heterocycles. The van der Waals surface area contributed by atoms with Crippen molar-refractivity contribution in [3.63, 3.8) is 0 Å². The van der Waals surface area contributed by atoms with Gasteiger partial charge in [0.15, 0.2) is 0 Å². The van der Waals surface area contributed by atoms with Gasteiger partial charge in [-0.15, -0.1) is 0 Å². The van der Waals surface area contributed by atoms with Crippen LogP contribution in [0.4, 0.5) is 0 Å². The maximum Gasteiger partial charge on any atom is 0.00313 e. The molecule has 2 rings (SSSR count). The van der Waals surface area contributed by atoms with Crippen molar-refractivity contribution < 1.29 is 0 Å². The minimum absolute atomic E-state index is 1.07. The summed E-state index contributed by atoms with van der Waals surface area (Å²) in [6.07, 6.45) is 25.7. The highest BCUT2D eigenvalue weighted by Crippen LogP contribution is 2.40. The molecule has 2 aliphatic carbocycles. The minimum atomic E-state index is 1.07. The molecule has 22 heavy (non-hydrogen) atoms. The number of rotatable bonds is 6. The number of halogens is 1. The summed E-state index contributed by atoms with van der Waals surface area (Å²) in [5, 5.41) is 1.20. The largest absolute Gasteiger partial charge is 0.0928 e. The first-order chi connectivity index (χ1) is 10.9. The van der Waals surface area contributed by atoms with E-state index in [-0.39, 0.29) is 0 Å². The monoisotopic (exact) mass is 370 g/mol. The second-order valence-corrected chi connectivity index (χ2v) is 8.85. The molecule has 0 unspecified atom stereocenters. The molecule has 0 heterocycles. The first kappa shape index (κ1) is 18.8. The molecule has 2 saturated carbocycles. The second kappa shape index (κ2) is 11.9. The van der Waals surface area contributed by atoms with Crippen LogP contribution in [0.2, 0.25) is 0 Å². The van der Waals surface area contributed by atoms with Gasteiger partial charge in [0.2, 0.25) is 0 Å². The fourth-order valence-electron chi connectivity index (χ4n) is 5.16. The molecule has 0 aromatic rings. The Balaban J connectivity index is 1.95. The summed E-state index contributed by atoms with van der Waals surface area (Å²) in [4.78, 5) is 0. The minimum Gasteiger partial charge on any atom is -0.0928 e. The molecule has 0 nitrogen and oxygen atoms in total. The zero-order chi connectivity index (χ0) is 15.5. The first-order valence-electron chi connectivity index (χ1n) is 10.5. The van der Waals surface area contributed by atoms with Gasteiger partial charge in [-0.3, -0.25) is 0 Å². The zero-order valence-corrected chi connectivity index (χ0v) is 16.4. The van der Waals surface area contributed by atoms with Crippen molar-refractivity contribution in [1.82, 2.24) is 0 Å². The van der Waals surface area contributed by atoms with E-state index in [1.54, 1.807) is 25.7 Å². The van der Waals surface area contributed by atoms with Crippen LogP contribution in [0.3, 0.4) is 0 Å². The van der Waals surface area contributed by atoms with Gasteiger partial charge in [0, 0.05) is 5.33 Å². The highest BCUT2D eigenvalue weighted by atomic mass is 79.9. The lowest BCUT2D eigenvalue weighted by molar-refractivity contribution is 0.148. The van der Waals surface area contributed by atoms with Crippen LogP contribution in [0, 0.1) is 17.8 Å². The highest BCUT2D eigenvalue weighted by Gasteiger charge is 2.29. The molecule has 1 heteroatoms. The molecule has 0 spiro atoms. The standard InChI is InChI=1S/C21H39Br/c22-18-12-11-17-21(19-13-7-3-1-4-8-14-19)20-15-9-5-2-6-10-16-20/h19-21H,1-18H2. The quantitative estimate of drug-likeness (QED) is 0.329. The van der Waals surface area contributed by atoms with E-state index in [9.17, 15) is 0 Å². The normalized spacial score (nSPS) is 23.7. The van der Waals surface area contributed by atoms with E-state index in [0.29, 0.717) is 0 Å². The van der Waals surface area contributed by atoms with Crippen molar-refractivity contribution in [1.29, 1.82) is 0 Å². The van der Waals surface area contributed by atoms with Crippen LogP contribution in [0.1, 0.15) is 109 Å². The summed E-state index contributed by atoms with van der Waals surface area (Å²) in [5.41, 5.74) is 0. The lowest BCUT2D eigenvalue weighted by Crippen LogP contribution is -2.25. The van der Waals surface area contributed by atoms with Gasteiger partial charge in [-0.1, -0.05) is 112 Å². The molecule has 2 aliphatic rings. The number of hydrogen-bond acceptors (Lipinski definition) is 0. The van der Waals surface area contributed by atoms with Gasteiger partial charge in [0.25, 0.3) is 0 Å². The third-order valence-corrected chi connectivity index (χ3v) is 6.99. The lowest BCUT2D eigenvalue weighted by Gasteiger charge is -2.36. The average molecular weight is 371 g/mol. The number of unbranched alkanes of at least 4 members (excludes halogenated alkanes) is 1. The van der Waals surface area contributed by atoms with E-state index in [2.05, 4.69) is 15.9 Å². The van der Waals surface area contributed by atoms with Crippen molar-refractivity contribution in [2.24, 2.45) is 17.8 Å². The van der Waals surface area contributed by atoms with Crippen molar-refractivity contribution in [3.05, 3.63) is 0 Å². The lowest BCUT2D eigenvalue weighted by atomic mass is 9.69. The Kier molecular flexibility index (Phi) is 10.2. The third kappa shape index (κ3) is 6.93. The van der Waals surface area contributed by atoms with Crippen LogP contribution in [-0.2, 0) is 0 Å². The van der Waals surface area contributed by atoms with Gasteiger partial charge in [0.1, 0.15) is 0 Å². The molecule has 0 bridgehead atoms. The predicted octanol–water partition coefficient (Wildman–Crippen LogP) is 7.89. The second-order valence-electron chi connectivity index (χ2n) is 8.06. The SMILES string of the molecule is BrCCCCC(C1CCCCCCC1)C1CCCCCCC1. The molecule has 130 valence electrons. The first-order valence-corrected chi connectivity index (χ1v) is 11.6. The molecule has 0 N–H and O–H groups in total. The summed E-state index contributed by atoms with van der Waals surface area (Å²) >= 11 is 3.64. The van der Waals surface area contributed by atoms with Gasteiger partial charge in [0.05, 0.1) is 0 Å². The Morgan fingerprint density at radius 1 is 0.591 bits per heavy atom. The molecule has 0 aromatic carbocycles. The van der Waals surface area contributed by atoms with E-state index >= 15 is 0 Å². The zero-order valence-electron chi connectivity index (χ0n) is 14.8. The van der Waals surface area contributed by atoms with Gasteiger partial charge in [-0.25, -0.2) is 0 Å². The Morgan fingerprint density at radius 3 is 1.41 bits per heavy atom. The Morgan fingerprint density at radius 2 is 1.00 bits per heavy atom. The maximum absolute atomic E-state index is 3.64. The summed E-state index contributed by atoms with van der Waals surface area (Å²) in [6, 6.07) is 0. The number of alkyl halides is 1. The van der Waals surface area contributed by atoms with Crippen molar-refractivity contribution >= 4 is 15.9 Å². The van der Waals surface area contributed by atoms with Crippen LogP contribution in [-0.4, -0.2) is 5.33 Å². The average Bonchev–Trinajstić information content (AvgIpc) is 2.45. The van der Waals surface area contributed by atoms with E-state index < -0.39 is 0 Å². The fraction of sp³-hybridized carbons (Fsp3) is 1.00. The van der Waals surface area contributed by atoms with E-state index in [1.807, 2.05) is 0 Å². The molecule has 0 amide bonds. The fourth-order valence-corrected chi connectivity index (χ4v) is 5.56. The smallest absolute Gasteiger partial charge is 0.00313 e. The van der Waals surface area contributed by atoms with Gasteiger partial charge >= 0.3 is 0 Å². The van der Waals surface area contributed by atoms with E-state index in [1.165, 1.54) is 88.8 Å². The van der Waals surface area contributed by atoms with Crippen molar-refractivity contribution in [2.75, 3.05) is 5.33 Å². The van der Waals surface area contributed by atoms with Gasteiger partial charge in [-0.05, 0) is 30.6 Å². The van der Waals surface area contributed by atoms with Gasteiger partial charge < -0.3 is 0 Å². The van der Waals surface area contributed by atoms with Crippen LogP contribution in [0.5, 0.6) is 0 Å². The van der Waals surface area contributed by atoms with Crippen LogP contribution < -0.4 is 0 Å². The number of hydrogen-bond donors (Lipinski definition) is 0. The molecule has 0 atom stereocenters. The van der Waals surface area contributed by atoms with Crippen LogP contribution in [0.15, 0.2) is 0 Å². The summed E-state index contributed by atoms with van der Waals surface area (Å²) in [5.74, 6) is 3.20. The Bertz CT molecular complexity index is 225. The van der Waals surface area contributed by atoms with Crippen LogP contribution in [0.25, 0.3) is 0 Å². The summed E-state index contributed by atoms with van der Waals surface area (Å²) in [7, 11) is 0. The van der Waals surface area contributed by atoms with Crippen molar-refractivity contribution in [3.8, 4) is 0 Å². The third-order valence-electron chi connectivity index (χ3n) is 6.43. The van der Waals surface area contributed by atoms with Crippen molar-refractivity contribution in [2.45, 2.75) is 109 Å². The summed E-state index contributed by atoms with van der Waals surface area (Å²) in [6.45, 7) is 0. The predicted molar refractivity (Wildman–Crippen MR) is 103 cm³/mol. The Hall–Kier alpha value is 0.480. The Labute approximate surface area is 148 Å². The van der Waals surface area contributed by atoms with Gasteiger partial charge in [-0.2, -0.15) is 0 Å². The van der Waals surface area contributed by atoms with E-state index in [0.717, 1.165) is 17.8 Å². The molecular formula is C21H39Br. The summed E-state index contributed by atoms with van der Waals surface area (Å²) < 4.78 is 0. The van der Waals surface area contributed by atoms with E-state index in [4.69, 9.17) is 0 Å².